The average molecular weight is 538 g/mol. The van der Waals surface area contributed by atoms with Crippen LogP contribution in [0.3, 0.4) is 0 Å². The maximum Gasteiger partial charge on any atom is 0.232 e. The van der Waals surface area contributed by atoms with Gasteiger partial charge in [0.05, 0.1) is 12.5 Å². The Kier molecular flexibility index (Phi) is 7.17. The minimum absolute atomic E-state index is 0.0704. The van der Waals surface area contributed by atoms with Crippen molar-refractivity contribution in [3.63, 3.8) is 0 Å². The van der Waals surface area contributed by atoms with Crippen molar-refractivity contribution < 1.29 is 9.47 Å². The van der Waals surface area contributed by atoms with E-state index in [1.54, 1.807) is 7.11 Å². The summed E-state index contributed by atoms with van der Waals surface area (Å²) >= 11 is 1.52. The van der Waals surface area contributed by atoms with Crippen molar-refractivity contribution in [2.45, 2.75) is 62.4 Å². The maximum absolute atomic E-state index is 6.38. The molecule has 39 heavy (non-hydrogen) atoms. The third-order valence-corrected chi connectivity index (χ3v) is 7.57. The van der Waals surface area contributed by atoms with E-state index in [-0.39, 0.29) is 10.8 Å². The summed E-state index contributed by atoms with van der Waals surface area (Å²) in [4.78, 5) is 14.3. The molecule has 0 radical (unpaired) electrons. The number of fused-ring (bicyclic) bond motifs is 1. The second-order valence-electron chi connectivity index (χ2n) is 11.7. The predicted molar refractivity (Wildman–Crippen MR) is 160 cm³/mol. The highest BCUT2D eigenvalue weighted by molar-refractivity contribution is 7.99. The van der Waals surface area contributed by atoms with E-state index in [2.05, 4.69) is 82.9 Å². The molecular formula is C33H35N3O2S. The van der Waals surface area contributed by atoms with E-state index >= 15 is 0 Å². The van der Waals surface area contributed by atoms with Crippen molar-refractivity contribution in [2.24, 2.45) is 0 Å². The number of aromatic amines is 1. The molecule has 0 bridgehead atoms. The van der Waals surface area contributed by atoms with Crippen molar-refractivity contribution >= 4 is 22.8 Å². The highest BCUT2D eigenvalue weighted by atomic mass is 32.2. The fourth-order valence-corrected chi connectivity index (χ4v) is 5.02. The number of ether oxygens (including phenoxy) is 2. The number of benzene rings is 3. The Hall–Kier alpha value is -3.77. The molecule has 0 atom stereocenters. The molecule has 200 valence electrons. The Balaban J connectivity index is 1.53. The van der Waals surface area contributed by atoms with Crippen LogP contribution < -0.4 is 9.47 Å². The van der Waals surface area contributed by atoms with Gasteiger partial charge in [0.2, 0.25) is 5.88 Å². The van der Waals surface area contributed by atoms with Crippen LogP contribution in [0, 0.1) is 0 Å². The molecule has 2 aromatic heterocycles. The molecule has 3 aromatic carbocycles. The third-order valence-electron chi connectivity index (χ3n) is 6.70. The van der Waals surface area contributed by atoms with Crippen molar-refractivity contribution in [2.75, 3.05) is 7.11 Å². The summed E-state index contributed by atoms with van der Waals surface area (Å²) in [6, 6.07) is 26.8. The molecule has 0 saturated heterocycles. The van der Waals surface area contributed by atoms with E-state index in [4.69, 9.17) is 19.4 Å². The lowest BCUT2D eigenvalue weighted by Crippen LogP contribution is -2.10. The van der Waals surface area contributed by atoms with Gasteiger partial charge in [0, 0.05) is 10.6 Å². The topological polar surface area (TPSA) is 60.0 Å². The molecule has 0 aliphatic rings. The van der Waals surface area contributed by atoms with Gasteiger partial charge in [-0.25, -0.2) is 4.98 Å². The van der Waals surface area contributed by atoms with Crippen LogP contribution in [0.4, 0.5) is 0 Å². The Labute approximate surface area is 235 Å². The lowest BCUT2D eigenvalue weighted by Gasteiger charge is -2.19. The van der Waals surface area contributed by atoms with Crippen LogP contribution in [0.15, 0.2) is 88.9 Å². The van der Waals surface area contributed by atoms with E-state index in [1.165, 1.54) is 22.9 Å². The number of nitrogens with one attached hydrogen (secondary N) is 1. The monoisotopic (exact) mass is 537 g/mol. The van der Waals surface area contributed by atoms with E-state index in [0.717, 1.165) is 38.7 Å². The SMILES string of the molecule is COc1ccc(-c2cc3c(Oc4ccc(C(C)(C)C)cc4)nc(Sc4ccc(C(C)(C)C)cc4)nc3[nH]2)cc1. The van der Waals surface area contributed by atoms with Crippen LogP contribution in [-0.2, 0) is 10.8 Å². The molecule has 6 heteroatoms. The molecule has 5 aromatic rings. The van der Waals surface area contributed by atoms with Gasteiger partial charge < -0.3 is 14.5 Å². The lowest BCUT2D eigenvalue weighted by atomic mass is 9.87. The van der Waals surface area contributed by atoms with Crippen molar-refractivity contribution in [3.05, 3.63) is 90.0 Å². The van der Waals surface area contributed by atoms with Crippen molar-refractivity contribution in [1.29, 1.82) is 0 Å². The second kappa shape index (κ2) is 10.4. The first-order chi connectivity index (χ1) is 18.5. The first kappa shape index (κ1) is 26.8. The summed E-state index contributed by atoms with van der Waals surface area (Å²) in [6.07, 6.45) is 0. The molecule has 0 spiro atoms. The summed E-state index contributed by atoms with van der Waals surface area (Å²) < 4.78 is 11.7. The number of methoxy groups -OCH3 is 1. The number of nitrogens with zero attached hydrogens (tertiary/aromatic N) is 2. The Morgan fingerprint density at radius 1 is 0.692 bits per heavy atom. The zero-order chi connectivity index (χ0) is 27.8. The second-order valence-corrected chi connectivity index (χ2v) is 12.8. The lowest BCUT2D eigenvalue weighted by molar-refractivity contribution is 0.415. The zero-order valence-electron chi connectivity index (χ0n) is 23.6. The number of rotatable bonds is 6. The molecule has 0 saturated carbocycles. The fraction of sp³-hybridized carbons (Fsp3) is 0.273. The number of hydrogen-bond donors (Lipinski definition) is 1. The smallest absolute Gasteiger partial charge is 0.232 e. The highest BCUT2D eigenvalue weighted by Crippen LogP contribution is 2.36. The van der Waals surface area contributed by atoms with E-state index < -0.39 is 0 Å². The van der Waals surface area contributed by atoms with Gasteiger partial charge in [-0.05, 0) is 93.9 Å². The normalized spacial score (nSPS) is 12.1. The van der Waals surface area contributed by atoms with Crippen LogP contribution >= 0.6 is 11.8 Å². The minimum atomic E-state index is 0.0704. The summed E-state index contributed by atoms with van der Waals surface area (Å²) in [5.74, 6) is 2.07. The van der Waals surface area contributed by atoms with Crippen LogP contribution in [0.2, 0.25) is 0 Å². The molecule has 0 aliphatic carbocycles. The van der Waals surface area contributed by atoms with Crippen LogP contribution in [-0.4, -0.2) is 22.1 Å². The van der Waals surface area contributed by atoms with Gasteiger partial charge in [-0.15, -0.1) is 0 Å². The minimum Gasteiger partial charge on any atom is -0.497 e. The molecule has 0 fully saturated rings. The Bertz CT molecular complexity index is 1570. The Morgan fingerprint density at radius 3 is 1.82 bits per heavy atom. The first-order valence-corrected chi connectivity index (χ1v) is 13.9. The van der Waals surface area contributed by atoms with Gasteiger partial charge in [0.25, 0.3) is 0 Å². The van der Waals surface area contributed by atoms with Gasteiger partial charge in [-0.3, -0.25) is 0 Å². The van der Waals surface area contributed by atoms with E-state index in [9.17, 15) is 0 Å². The molecule has 0 unspecified atom stereocenters. The molecule has 1 N–H and O–H groups in total. The molecular weight excluding hydrogens is 502 g/mol. The zero-order valence-corrected chi connectivity index (χ0v) is 24.4. The number of H-pyrrole nitrogens is 1. The van der Waals surface area contributed by atoms with Gasteiger partial charge in [0.15, 0.2) is 5.16 Å². The summed E-state index contributed by atoms with van der Waals surface area (Å²) in [5, 5.41) is 1.45. The molecule has 5 nitrogen and oxygen atoms in total. The summed E-state index contributed by atoms with van der Waals surface area (Å²) in [6.45, 7) is 13.3. The van der Waals surface area contributed by atoms with Crippen LogP contribution in [0.1, 0.15) is 52.7 Å². The molecule has 2 heterocycles. The maximum atomic E-state index is 6.38. The van der Waals surface area contributed by atoms with Gasteiger partial charge >= 0.3 is 0 Å². The fourth-order valence-electron chi connectivity index (χ4n) is 4.28. The van der Waals surface area contributed by atoms with Gasteiger partial charge in [-0.1, -0.05) is 65.8 Å². The quantitative estimate of drug-likeness (QED) is 0.219. The first-order valence-electron chi connectivity index (χ1n) is 13.1. The molecule has 0 amide bonds. The predicted octanol–water partition coefficient (Wildman–Crippen LogP) is 9.17. The standard InChI is InChI=1S/C33H35N3O2S/c1-32(2,3)22-10-16-25(17-11-22)38-30-27-20-28(21-8-14-24(37-7)15-9-21)34-29(27)35-31(36-30)39-26-18-12-23(13-19-26)33(4,5)6/h8-20H,1-7H3,(H,34,35,36). The Morgan fingerprint density at radius 2 is 1.26 bits per heavy atom. The van der Waals surface area contributed by atoms with E-state index in [0.29, 0.717) is 11.0 Å². The van der Waals surface area contributed by atoms with Crippen molar-refractivity contribution in [1.82, 2.24) is 15.0 Å². The largest absolute Gasteiger partial charge is 0.497 e. The third kappa shape index (κ3) is 6.12. The number of hydrogen-bond acceptors (Lipinski definition) is 5. The number of aromatic nitrogens is 3. The van der Waals surface area contributed by atoms with Gasteiger partial charge in [0.1, 0.15) is 17.1 Å². The molecule has 5 rings (SSSR count). The molecule has 0 aliphatic heterocycles. The average Bonchev–Trinajstić information content (AvgIpc) is 3.33. The van der Waals surface area contributed by atoms with Crippen LogP contribution in [0.25, 0.3) is 22.3 Å². The summed E-state index contributed by atoms with van der Waals surface area (Å²) in [5.41, 5.74) is 5.41. The van der Waals surface area contributed by atoms with E-state index in [1.807, 2.05) is 42.5 Å². The summed E-state index contributed by atoms with van der Waals surface area (Å²) in [7, 11) is 1.67. The van der Waals surface area contributed by atoms with Gasteiger partial charge in [-0.2, -0.15) is 4.98 Å². The van der Waals surface area contributed by atoms with Crippen LogP contribution in [0.5, 0.6) is 17.4 Å². The highest BCUT2D eigenvalue weighted by Gasteiger charge is 2.18. The van der Waals surface area contributed by atoms with Crippen molar-refractivity contribution in [3.8, 4) is 28.6 Å².